The number of pyridine rings is 3. The Hall–Kier alpha value is -3.41. The Labute approximate surface area is 196 Å². The molecule has 0 saturated carbocycles. The van der Waals surface area contributed by atoms with Gasteiger partial charge >= 0.3 is 0 Å². The van der Waals surface area contributed by atoms with E-state index in [9.17, 15) is 4.39 Å². The van der Waals surface area contributed by atoms with Crippen molar-refractivity contribution >= 4 is 28.2 Å². The number of rotatable bonds is 5. The molecular formula is C27H22ClFN4. The van der Waals surface area contributed by atoms with Crippen LogP contribution in [0.25, 0.3) is 39.0 Å². The molecule has 0 saturated heterocycles. The number of aromatic nitrogens is 3. The number of hydrogen-bond acceptors (Lipinski definition) is 4. The molecule has 0 radical (unpaired) electrons. The molecule has 0 amide bonds. The first-order valence-corrected chi connectivity index (χ1v) is 11.3. The molecule has 2 N–H and O–H groups in total. The second-order valence-electron chi connectivity index (χ2n) is 7.98. The summed E-state index contributed by atoms with van der Waals surface area (Å²) in [6.07, 6.45) is 12.8. The summed E-state index contributed by atoms with van der Waals surface area (Å²) in [7, 11) is 0. The molecule has 0 fully saturated rings. The fourth-order valence-corrected chi connectivity index (χ4v) is 4.46. The van der Waals surface area contributed by atoms with E-state index in [0.717, 1.165) is 41.3 Å². The van der Waals surface area contributed by atoms with Gasteiger partial charge in [-0.1, -0.05) is 23.8 Å². The van der Waals surface area contributed by atoms with E-state index >= 15 is 0 Å². The SMILES string of the molecule is NCCC1=CCCC=C1c1cncc(-c2cc(-c3cc(Cl)ccc3F)nc3ncccc23)c1. The number of fused-ring (bicyclic) bond motifs is 1. The second-order valence-corrected chi connectivity index (χ2v) is 8.42. The molecule has 1 aromatic carbocycles. The summed E-state index contributed by atoms with van der Waals surface area (Å²) in [5, 5.41) is 1.32. The summed E-state index contributed by atoms with van der Waals surface area (Å²) >= 11 is 6.15. The topological polar surface area (TPSA) is 64.7 Å². The minimum absolute atomic E-state index is 0.337. The quantitative estimate of drug-likeness (QED) is 0.367. The zero-order chi connectivity index (χ0) is 22.8. The maximum absolute atomic E-state index is 14.7. The molecule has 3 heterocycles. The van der Waals surface area contributed by atoms with Crippen molar-refractivity contribution in [3.05, 3.63) is 95.2 Å². The van der Waals surface area contributed by atoms with E-state index in [2.05, 4.69) is 33.2 Å². The summed E-state index contributed by atoms with van der Waals surface area (Å²) in [5.41, 5.74) is 12.5. The Morgan fingerprint density at radius 2 is 1.82 bits per heavy atom. The average molecular weight is 457 g/mol. The van der Waals surface area contributed by atoms with Crippen molar-refractivity contribution in [1.82, 2.24) is 15.0 Å². The van der Waals surface area contributed by atoms with Crippen LogP contribution >= 0.6 is 11.6 Å². The highest BCUT2D eigenvalue weighted by molar-refractivity contribution is 6.30. The van der Waals surface area contributed by atoms with Crippen molar-refractivity contribution in [2.75, 3.05) is 6.54 Å². The fourth-order valence-electron chi connectivity index (χ4n) is 4.28. The highest BCUT2D eigenvalue weighted by Gasteiger charge is 2.16. The molecule has 0 spiro atoms. The van der Waals surface area contributed by atoms with Gasteiger partial charge < -0.3 is 5.73 Å². The van der Waals surface area contributed by atoms with E-state index in [4.69, 9.17) is 17.3 Å². The molecular weight excluding hydrogens is 435 g/mol. The summed E-state index contributed by atoms with van der Waals surface area (Å²) < 4.78 is 14.7. The van der Waals surface area contributed by atoms with Crippen LogP contribution < -0.4 is 5.73 Å². The van der Waals surface area contributed by atoms with E-state index in [0.29, 0.717) is 28.5 Å². The van der Waals surface area contributed by atoms with E-state index < -0.39 is 0 Å². The van der Waals surface area contributed by atoms with Crippen molar-refractivity contribution in [2.45, 2.75) is 19.3 Å². The first kappa shape index (κ1) is 21.4. The van der Waals surface area contributed by atoms with Crippen LogP contribution in [0.5, 0.6) is 0 Å². The summed E-state index contributed by atoms with van der Waals surface area (Å²) in [6, 6.07) is 12.3. The Morgan fingerprint density at radius 1 is 0.970 bits per heavy atom. The van der Waals surface area contributed by atoms with Crippen molar-refractivity contribution in [1.29, 1.82) is 0 Å². The predicted molar refractivity (Wildman–Crippen MR) is 132 cm³/mol. The van der Waals surface area contributed by atoms with Gasteiger partial charge in [-0.05, 0) is 85.0 Å². The zero-order valence-electron chi connectivity index (χ0n) is 17.9. The number of halogens is 2. The normalized spacial score (nSPS) is 13.7. The highest BCUT2D eigenvalue weighted by atomic mass is 35.5. The van der Waals surface area contributed by atoms with Crippen LogP contribution in [0.15, 0.2) is 78.8 Å². The van der Waals surface area contributed by atoms with Crippen LogP contribution in [-0.4, -0.2) is 21.5 Å². The van der Waals surface area contributed by atoms with Crippen LogP contribution in [0.4, 0.5) is 4.39 Å². The lowest BCUT2D eigenvalue weighted by atomic mass is 9.89. The summed E-state index contributed by atoms with van der Waals surface area (Å²) in [6.45, 7) is 0.603. The molecule has 3 aromatic heterocycles. The van der Waals surface area contributed by atoms with Crippen LogP contribution in [0.1, 0.15) is 24.8 Å². The molecule has 0 unspecified atom stereocenters. The van der Waals surface area contributed by atoms with Gasteiger partial charge in [0.1, 0.15) is 5.82 Å². The molecule has 0 atom stereocenters. The third-order valence-electron chi connectivity index (χ3n) is 5.81. The predicted octanol–water partition coefficient (Wildman–Crippen LogP) is 6.60. The number of nitrogens with zero attached hydrogens (tertiary/aromatic N) is 3. The van der Waals surface area contributed by atoms with Gasteiger partial charge in [0.25, 0.3) is 0 Å². The van der Waals surface area contributed by atoms with E-state index in [1.807, 2.05) is 30.6 Å². The van der Waals surface area contributed by atoms with Crippen molar-refractivity contribution in [3.8, 4) is 22.4 Å². The minimum atomic E-state index is -0.385. The molecule has 0 bridgehead atoms. The second kappa shape index (κ2) is 9.22. The molecule has 1 aliphatic carbocycles. The van der Waals surface area contributed by atoms with Gasteiger partial charge in [0.15, 0.2) is 5.65 Å². The van der Waals surface area contributed by atoms with Gasteiger partial charge in [-0.2, -0.15) is 0 Å². The molecule has 164 valence electrons. The maximum Gasteiger partial charge on any atom is 0.160 e. The average Bonchev–Trinajstić information content (AvgIpc) is 2.85. The van der Waals surface area contributed by atoms with Crippen molar-refractivity contribution in [2.24, 2.45) is 5.73 Å². The number of allylic oxidation sites excluding steroid dienone is 3. The van der Waals surface area contributed by atoms with Crippen LogP contribution in [0, 0.1) is 5.82 Å². The Morgan fingerprint density at radius 3 is 2.70 bits per heavy atom. The first-order valence-electron chi connectivity index (χ1n) is 10.9. The number of hydrogen-bond donors (Lipinski definition) is 1. The summed E-state index contributed by atoms with van der Waals surface area (Å²) in [5.74, 6) is -0.385. The fraction of sp³-hybridized carbons (Fsp3) is 0.148. The molecule has 5 rings (SSSR count). The molecule has 33 heavy (non-hydrogen) atoms. The van der Waals surface area contributed by atoms with E-state index in [-0.39, 0.29) is 5.82 Å². The van der Waals surface area contributed by atoms with Gasteiger partial charge in [0.2, 0.25) is 0 Å². The number of benzene rings is 1. The molecule has 0 aliphatic heterocycles. The smallest absolute Gasteiger partial charge is 0.160 e. The number of nitrogens with two attached hydrogens (primary N) is 1. The lowest BCUT2D eigenvalue weighted by Gasteiger charge is -2.17. The van der Waals surface area contributed by atoms with Gasteiger partial charge in [0, 0.05) is 45.7 Å². The lowest BCUT2D eigenvalue weighted by molar-refractivity contribution is 0.631. The first-order chi connectivity index (χ1) is 16.1. The van der Waals surface area contributed by atoms with Crippen molar-refractivity contribution < 1.29 is 4.39 Å². The van der Waals surface area contributed by atoms with E-state index in [1.54, 1.807) is 12.3 Å². The van der Waals surface area contributed by atoms with Gasteiger partial charge in [-0.25, -0.2) is 14.4 Å². The third kappa shape index (κ3) is 4.30. The third-order valence-corrected chi connectivity index (χ3v) is 6.05. The van der Waals surface area contributed by atoms with Crippen LogP contribution in [0.3, 0.4) is 0 Å². The highest BCUT2D eigenvalue weighted by Crippen LogP contribution is 2.36. The molecule has 6 heteroatoms. The Bertz CT molecular complexity index is 1410. The molecule has 1 aliphatic rings. The van der Waals surface area contributed by atoms with E-state index in [1.165, 1.54) is 23.3 Å². The Balaban J connectivity index is 1.68. The van der Waals surface area contributed by atoms with Gasteiger partial charge in [-0.3, -0.25) is 4.98 Å². The zero-order valence-corrected chi connectivity index (χ0v) is 18.7. The Kier molecular flexibility index (Phi) is 5.99. The monoisotopic (exact) mass is 456 g/mol. The maximum atomic E-state index is 14.7. The van der Waals surface area contributed by atoms with Crippen LogP contribution in [-0.2, 0) is 0 Å². The standard InChI is InChI=1S/C27H22ClFN4/c28-20-7-8-25(29)24(13-20)26-14-23(22-6-3-11-32-27(22)33-26)19-12-18(15-31-16-19)21-5-2-1-4-17(21)9-10-30/h3-8,11-16H,1-2,9-10,30H2. The molecule has 4 aromatic rings. The van der Waals surface area contributed by atoms with Crippen molar-refractivity contribution in [3.63, 3.8) is 0 Å². The van der Waals surface area contributed by atoms with Gasteiger partial charge in [-0.15, -0.1) is 0 Å². The minimum Gasteiger partial charge on any atom is -0.330 e. The lowest BCUT2D eigenvalue weighted by Crippen LogP contribution is -2.04. The molecule has 4 nitrogen and oxygen atoms in total. The van der Waals surface area contributed by atoms with Gasteiger partial charge in [0.05, 0.1) is 5.69 Å². The van der Waals surface area contributed by atoms with Crippen LogP contribution in [0.2, 0.25) is 5.02 Å². The largest absolute Gasteiger partial charge is 0.330 e. The summed E-state index contributed by atoms with van der Waals surface area (Å²) in [4.78, 5) is 13.6.